The van der Waals surface area contributed by atoms with Gasteiger partial charge in [-0.15, -0.1) is 0 Å². The van der Waals surface area contributed by atoms with E-state index in [9.17, 15) is 5.11 Å². The number of phenols is 1. The van der Waals surface area contributed by atoms with Gasteiger partial charge in [0, 0.05) is 12.1 Å². The summed E-state index contributed by atoms with van der Waals surface area (Å²) in [6, 6.07) is 7.16. The topological polar surface area (TPSA) is 87.0 Å². The Morgan fingerprint density at radius 3 is 2.94 bits per heavy atom. The number of para-hydroxylation sites is 1. The fourth-order valence-corrected chi connectivity index (χ4v) is 1.64. The number of hydrogen-bond donors (Lipinski definition) is 4. The van der Waals surface area contributed by atoms with Gasteiger partial charge in [-0.25, -0.2) is 0 Å². The van der Waals surface area contributed by atoms with E-state index in [-0.39, 0.29) is 5.75 Å². The van der Waals surface area contributed by atoms with Crippen molar-refractivity contribution < 1.29 is 5.11 Å². The van der Waals surface area contributed by atoms with Gasteiger partial charge in [-0.2, -0.15) is 5.10 Å². The number of aromatic amines is 1. The molecule has 1 aromatic carbocycles. The predicted octanol–water partition coefficient (Wildman–Crippen LogP) is 1.54. The Balaban J connectivity index is 2.22. The van der Waals surface area contributed by atoms with Crippen molar-refractivity contribution in [3.63, 3.8) is 0 Å². The summed E-state index contributed by atoms with van der Waals surface area (Å²) in [5.74, 6) is 0.235. The van der Waals surface area contributed by atoms with Crippen molar-refractivity contribution in [3.05, 3.63) is 30.5 Å². The minimum absolute atomic E-state index is 0.235. The summed E-state index contributed by atoms with van der Waals surface area (Å²) in [5.41, 5.74) is 7.84. The smallest absolute Gasteiger partial charge is 0.125 e. The molecule has 90 valence electrons. The summed E-state index contributed by atoms with van der Waals surface area (Å²) in [5, 5.41) is 19.9. The zero-order valence-electron chi connectivity index (χ0n) is 9.48. The first-order chi connectivity index (χ1) is 8.33. The highest BCUT2D eigenvalue weighted by Gasteiger charge is 2.10. The molecule has 0 bridgehead atoms. The molecular weight excluding hydrogens is 216 g/mol. The summed E-state index contributed by atoms with van der Waals surface area (Å²) in [4.78, 5) is 0. The van der Waals surface area contributed by atoms with E-state index in [1.807, 2.05) is 12.1 Å². The van der Waals surface area contributed by atoms with Gasteiger partial charge in [0.1, 0.15) is 5.75 Å². The van der Waals surface area contributed by atoms with Crippen LogP contribution in [0.5, 0.6) is 5.75 Å². The minimum atomic E-state index is 0.235. The van der Waals surface area contributed by atoms with Crippen molar-refractivity contribution in [2.24, 2.45) is 5.73 Å². The van der Waals surface area contributed by atoms with Crippen molar-refractivity contribution in [3.8, 4) is 17.0 Å². The lowest BCUT2D eigenvalue weighted by Gasteiger charge is -2.07. The Morgan fingerprint density at radius 1 is 1.35 bits per heavy atom. The maximum atomic E-state index is 9.78. The molecule has 1 aromatic heterocycles. The van der Waals surface area contributed by atoms with E-state index in [2.05, 4.69) is 15.5 Å². The normalized spacial score (nSPS) is 10.4. The molecule has 0 spiro atoms. The minimum Gasteiger partial charge on any atom is -0.507 e. The van der Waals surface area contributed by atoms with Crippen molar-refractivity contribution in [2.75, 3.05) is 18.4 Å². The van der Waals surface area contributed by atoms with Gasteiger partial charge in [0.05, 0.1) is 17.6 Å². The third kappa shape index (κ3) is 2.57. The summed E-state index contributed by atoms with van der Waals surface area (Å²) in [6.45, 7) is 1.44. The lowest BCUT2D eigenvalue weighted by molar-refractivity contribution is 0.477. The molecule has 1 heterocycles. The number of benzene rings is 1. The quantitative estimate of drug-likeness (QED) is 0.589. The van der Waals surface area contributed by atoms with Crippen molar-refractivity contribution in [2.45, 2.75) is 6.42 Å². The molecule has 2 aromatic rings. The maximum Gasteiger partial charge on any atom is 0.125 e. The van der Waals surface area contributed by atoms with Crippen molar-refractivity contribution >= 4 is 5.69 Å². The van der Waals surface area contributed by atoms with Gasteiger partial charge in [-0.05, 0) is 25.1 Å². The molecule has 0 saturated carbocycles. The molecule has 2 rings (SSSR count). The molecule has 5 N–H and O–H groups in total. The van der Waals surface area contributed by atoms with Gasteiger partial charge < -0.3 is 16.2 Å². The number of H-pyrrole nitrogens is 1. The van der Waals surface area contributed by atoms with Gasteiger partial charge >= 0.3 is 0 Å². The van der Waals surface area contributed by atoms with E-state index in [0.717, 1.165) is 29.9 Å². The highest BCUT2D eigenvalue weighted by atomic mass is 16.3. The van der Waals surface area contributed by atoms with Crippen LogP contribution in [0.3, 0.4) is 0 Å². The van der Waals surface area contributed by atoms with Crippen LogP contribution >= 0.6 is 0 Å². The Bertz CT molecular complexity index is 481. The number of nitrogens with two attached hydrogens (primary N) is 1. The van der Waals surface area contributed by atoms with Crippen LogP contribution in [0.1, 0.15) is 6.42 Å². The Hall–Kier alpha value is -2.01. The fraction of sp³-hybridized carbons (Fsp3) is 0.250. The Morgan fingerprint density at radius 2 is 2.18 bits per heavy atom. The standard InChI is InChI=1S/C12H16N4O/c13-6-3-7-14-10-8-15-16-12(10)9-4-1-2-5-11(9)17/h1-2,4-5,8,14,17H,3,6-7,13H2,(H,15,16). The highest BCUT2D eigenvalue weighted by molar-refractivity contribution is 5.77. The first-order valence-corrected chi connectivity index (χ1v) is 5.58. The van der Waals surface area contributed by atoms with E-state index in [1.54, 1.807) is 18.3 Å². The fourth-order valence-electron chi connectivity index (χ4n) is 1.64. The van der Waals surface area contributed by atoms with Crippen LogP contribution in [0.2, 0.25) is 0 Å². The molecule has 0 amide bonds. The number of nitrogens with one attached hydrogen (secondary N) is 2. The molecule has 5 nitrogen and oxygen atoms in total. The second-order valence-electron chi connectivity index (χ2n) is 3.74. The van der Waals surface area contributed by atoms with Crippen LogP contribution in [-0.4, -0.2) is 28.4 Å². The second-order valence-corrected chi connectivity index (χ2v) is 3.74. The molecule has 0 aliphatic heterocycles. The van der Waals surface area contributed by atoms with Gasteiger partial charge in [-0.1, -0.05) is 12.1 Å². The molecule has 0 aliphatic carbocycles. The van der Waals surface area contributed by atoms with Crippen LogP contribution in [0.15, 0.2) is 30.5 Å². The number of aromatic hydroxyl groups is 1. The number of nitrogens with zero attached hydrogens (tertiary/aromatic N) is 1. The number of anilines is 1. The Kier molecular flexibility index (Phi) is 3.62. The average Bonchev–Trinajstić information content (AvgIpc) is 2.78. The summed E-state index contributed by atoms with van der Waals surface area (Å²) >= 11 is 0. The second kappa shape index (κ2) is 5.36. The van der Waals surface area contributed by atoms with Crippen LogP contribution in [0.25, 0.3) is 11.3 Å². The van der Waals surface area contributed by atoms with Crippen LogP contribution in [0, 0.1) is 0 Å². The van der Waals surface area contributed by atoms with Crippen molar-refractivity contribution in [1.29, 1.82) is 0 Å². The first kappa shape index (κ1) is 11.5. The van der Waals surface area contributed by atoms with Gasteiger partial charge in [0.2, 0.25) is 0 Å². The largest absolute Gasteiger partial charge is 0.507 e. The van der Waals surface area contributed by atoms with Crippen molar-refractivity contribution in [1.82, 2.24) is 10.2 Å². The lowest BCUT2D eigenvalue weighted by atomic mass is 10.1. The van der Waals surface area contributed by atoms with E-state index < -0.39 is 0 Å². The molecule has 0 atom stereocenters. The first-order valence-electron chi connectivity index (χ1n) is 5.58. The number of hydrogen-bond acceptors (Lipinski definition) is 4. The monoisotopic (exact) mass is 232 g/mol. The molecule has 0 saturated heterocycles. The molecule has 17 heavy (non-hydrogen) atoms. The Labute approximate surface area is 99.7 Å². The van der Waals surface area contributed by atoms with E-state index >= 15 is 0 Å². The molecular formula is C12H16N4O. The zero-order valence-corrected chi connectivity index (χ0v) is 9.48. The molecule has 5 heteroatoms. The molecule has 0 unspecified atom stereocenters. The van der Waals surface area contributed by atoms with Gasteiger partial charge in [0.25, 0.3) is 0 Å². The van der Waals surface area contributed by atoms with E-state index in [0.29, 0.717) is 6.54 Å². The number of aromatic nitrogens is 2. The van der Waals surface area contributed by atoms with Crippen LogP contribution in [-0.2, 0) is 0 Å². The average molecular weight is 232 g/mol. The summed E-state index contributed by atoms with van der Waals surface area (Å²) < 4.78 is 0. The molecule has 0 fully saturated rings. The lowest BCUT2D eigenvalue weighted by Crippen LogP contribution is -2.08. The van der Waals surface area contributed by atoms with Gasteiger partial charge in [-0.3, -0.25) is 5.10 Å². The molecule has 0 radical (unpaired) electrons. The SMILES string of the molecule is NCCCNc1cn[nH]c1-c1ccccc1O. The third-order valence-corrected chi connectivity index (χ3v) is 2.51. The molecule has 0 aliphatic rings. The zero-order chi connectivity index (χ0) is 12.1. The van der Waals surface area contributed by atoms with E-state index in [1.165, 1.54) is 0 Å². The van der Waals surface area contributed by atoms with E-state index in [4.69, 9.17) is 5.73 Å². The number of phenolic OH excluding ortho intramolecular Hbond substituents is 1. The maximum absolute atomic E-state index is 9.78. The number of rotatable bonds is 5. The summed E-state index contributed by atoms with van der Waals surface area (Å²) in [7, 11) is 0. The van der Waals surface area contributed by atoms with Crippen LogP contribution < -0.4 is 11.1 Å². The van der Waals surface area contributed by atoms with Crippen LogP contribution in [0.4, 0.5) is 5.69 Å². The van der Waals surface area contributed by atoms with Gasteiger partial charge in [0.15, 0.2) is 0 Å². The summed E-state index contributed by atoms with van der Waals surface area (Å²) in [6.07, 6.45) is 2.60. The third-order valence-electron chi connectivity index (χ3n) is 2.51. The highest BCUT2D eigenvalue weighted by Crippen LogP contribution is 2.31. The predicted molar refractivity (Wildman–Crippen MR) is 67.8 cm³/mol.